The first-order valence-corrected chi connectivity index (χ1v) is 11.3. The van der Waals surface area contributed by atoms with Crippen LogP contribution in [0.2, 0.25) is 0 Å². The van der Waals surface area contributed by atoms with Crippen molar-refractivity contribution in [3.05, 3.63) is 65.7 Å². The van der Waals surface area contributed by atoms with Crippen LogP contribution in [0, 0.1) is 12.8 Å². The van der Waals surface area contributed by atoms with E-state index in [9.17, 15) is 4.79 Å². The number of ether oxygens (including phenoxy) is 1. The van der Waals surface area contributed by atoms with Crippen LogP contribution in [0.15, 0.2) is 57.5 Å². The fourth-order valence-corrected chi connectivity index (χ4v) is 3.70. The molecule has 1 unspecified atom stereocenters. The molecule has 2 aromatic heterocycles. The molecule has 1 N–H and O–H groups in total. The van der Waals surface area contributed by atoms with Gasteiger partial charge in [0.15, 0.2) is 0 Å². The van der Waals surface area contributed by atoms with Gasteiger partial charge in [0, 0.05) is 10.9 Å². The third-order valence-corrected chi connectivity index (χ3v) is 5.52. The van der Waals surface area contributed by atoms with E-state index in [0.29, 0.717) is 35.2 Å². The van der Waals surface area contributed by atoms with Crippen molar-refractivity contribution in [2.45, 2.75) is 46.6 Å². The van der Waals surface area contributed by atoms with Crippen LogP contribution in [0.5, 0.6) is 5.75 Å². The van der Waals surface area contributed by atoms with E-state index < -0.39 is 6.04 Å². The molecular weight excluding hydrogens is 418 g/mol. The summed E-state index contributed by atoms with van der Waals surface area (Å²) in [5.41, 5.74) is 1.98. The van der Waals surface area contributed by atoms with Crippen LogP contribution in [-0.2, 0) is 0 Å². The Balaban J connectivity index is 1.59. The van der Waals surface area contributed by atoms with Gasteiger partial charge in [-0.3, -0.25) is 4.79 Å². The first-order chi connectivity index (χ1) is 16.0. The molecular formula is C26H29N3O4. The fraction of sp³-hybridized carbons (Fsp3) is 0.346. The number of benzene rings is 2. The Morgan fingerprint density at radius 3 is 2.67 bits per heavy atom. The van der Waals surface area contributed by atoms with E-state index in [1.807, 2.05) is 62.4 Å². The quantitative estimate of drug-likeness (QED) is 0.312. The van der Waals surface area contributed by atoms with E-state index in [2.05, 4.69) is 22.4 Å². The van der Waals surface area contributed by atoms with Crippen molar-refractivity contribution in [3.8, 4) is 17.1 Å². The monoisotopic (exact) mass is 447 g/mol. The van der Waals surface area contributed by atoms with Gasteiger partial charge in [-0.25, -0.2) is 0 Å². The molecule has 0 saturated carbocycles. The number of rotatable bonds is 9. The number of carbonyl (C=O) groups is 1. The SMILES string of the molecule is CCCCOc1ccc2oc(C)c(C(=O)NC(c3nc(-c4ccccc4)no3)C(C)C)c2c1. The van der Waals surface area contributed by atoms with E-state index in [1.165, 1.54) is 0 Å². The van der Waals surface area contributed by atoms with Crippen molar-refractivity contribution < 1.29 is 18.5 Å². The summed E-state index contributed by atoms with van der Waals surface area (Å²) in [7, 11) is 0. The van der Waals surface area contributed by atoms with Gasteiger partial charge >= 0.3 is 0 Å². The predicted molar refractivity (Wildman–Crippen MR) is 126 cm³/mol. The van der Waals surface area contributed by atoms with Crippen molar-refractivity contribution in [2.24, 2.45) is 5.92 Å². The van der Waals surface area contributed by atoms with Gasteiger partial charge in [0.25, 0.3) is 5.91 Å². The molecule has 172 valence electrons. The number of nitrogens with zero attached hydrogens (tertiary/aromatic N) is 2. The first-order valence-electron chi connectivity index (χ1n) is 11.3. The van der Waals surface area contributed by atoms with Crippen LogP contribution in [-0.4, -0.2) is 22.7 Å². The fourth-order valence-electron chi connectivity index (χ4n) is 3.70. The lowest BCUT2D eigenvalue weighted by atomic mass is 10.0. The Bertz CT molecular complexity index is 1230. The summed E-state index contributed by atoms with van der Waals surface area (Å²) < 4.78 is 17.2. The van der Waals surface area contributed by atoms with E-state index in [-0.39, 0.29) is 11.8 Å². The van der Waals surface area contributed by atoms with Crippen LogP contribution in [0.25, 0.3) is 22.4 Å². The van der Waals surface area contributed by atoms with Crippen LogP contribution in [0.4, 0.5) is 0 Å². The normalized spacial score (nSPS) is 12.3. The van der Waals surface area contributed by atoms with Gasteiger partial charge in [-0.1, -0.05) is 62.7 Å². The number of amides is 1. The Hall–Kier alpha value is -3.61. The van der Waals surface area contributed by atoms with Gasteiger partial charge in [0.1, 0.15) is 23.1 Å². The second-order valence-electron chi connectivity index (χ2n) is 8.41. The molecule has 33 heavy (non-hydrogen) atoms. The number of aryl methyl sites for hydroxylation is 1. The van der Waals surface area contributed by atoms with Crippen molar-refractivity contribution >= 4 is 16.9 Å². The maximum atomic E-state index is 13.4. The molecule has 0 aliphatic carbocycles. The summed E-state index contributed by atoms with van der Waals surface area (Å²) in [6, 6.07) is 14.7. The number of fused-ring (bicyclic) bond motifs is 1. The zero-order chi connectivity index (χ0) is 23.4. The average Bonchev–Trinajstić information content (AvgIpc) is 3.42. The van der Waals surface area contributed by atoms with E-state index in [0.717, 1.165) is 29.5 Å². The lowest BCUT2D eigenvalue weighted by Crippen LogP contribution is -2.32. The highest BCUT2D eigenvalue weighted by Crippen LogP contribution is 2.31. The minimum atomic E-state index is -0.448. The van der Waals surface area contributed by atoms with Crippen molar-refractivity contribution in [3.63, 3.8) is 0 Å². The topological polar surface area (TPSA) is 90.4 Å². The van der Waals surface area contributed by atoms with Gasteiger partial charge in [-0.15, -0.1) is 0 Å². The Morgan fingerprint density at radius 2 is 1.94 bits per heavy atom. The van der Waals surface area contributed by atoms with Crippen molar-refractivity contribution in [1.82, 2.24) is 15.5 Å². The lowest BCUT2D eigenvalue weighted by molar-refractivity contribution is 0.0914. The molecule has 1 amide bonds. The number of furan rings is 1. The molecule has 0 spiro atoms. The summed E-state index contributed by atoms with van der Waals surface area (Å²) in [6.45, 7) is 8.54. The van der Waals surface area contributed by atoms with Crippen molar-refractivity contribution in [2.75, 3.05) is 6.61 Å². The van der Waals surface area contributed by atoms with Crippen LogP contribution < -0.4 is 10.1 Å². The number of aromatic nitrogens is 2. The molecule has 1 atom stereocenters. The number of hydrogen-bond acceptors (Lipinski definition) is 6. The molecule has 0 bridgehead atoms. The average molecular weight is 448 g/mol. The summed E-state index contributed by atoms with van der Waals surface area (Å²) in [5.74, 6) is 1.90. The molecule has 2 heterocycles. The molecule has 4 rings (SSSR count). The standard InChI is InChI=1S/C26H29N3O4/c1-5-6-14-31-19-12-13-21-20(15-19)22(17(4)32-21)25(30)27-23(16(2)3)26-28-24(29-33-26)18-10-8-7-9-11-18/h7-13,15-16,23H,5-6,14H2,1-4H3,(H,27,30). The first kappa shape index (κ1) is 22.6. The maximum absolute atomic E-state index is 13.4. The zero-order valence-corrected chi connectivity index (χ0v) is 19.4. The summed E-state index contributed by atoms with van der Waals surface area (Å²) in [6.07, 6.45) is 2.03. The minimum absolute atomic E-state index is 0.0319. The van der Waals surface area contributed by atoms with E-state index in [4.69, 9.17) is 13.7 Å². The van der Waals surface area contributed by atoms with Crippen LogP contribution >= 0.6 is 0 Å². The van der Waals surface area contributed by atoms with Crippen molar-refractivity contribution in [1.29, 1.82) is 0 Å². The molecule has 0 aliphatic rings. The van der Waals surface area contributed by atoms with Gasteiger partial charge in [-0.05, 0) is 37.5 Å². The third kappa shape index (κ3) is 4.92. The Morgan fingerprint density at radius 1 is 1.15 bits per heavy atom. The molecule has 2 aromatic carbocycles. The van der Waals surface area contributed by atoms with Crippen LogP contribution in [0.3, 0.4) is 0 Å². The number of hydrogen-bond donors (Lipinski definition) is 1. The summed E-state index contributed by atoms with van der Waals surface area (Å²) in [5, 5.41) is 7.89. The largest absolute Gasteiger partial charge is 0.494 e. The molecule has 0 saturated heterocycles. The smallest absolute Gasteiger partial charge is 0.256 e. The van der Waals surface area contributed by atoms with Gasteiger partial charge < -0.3 is 19.0 Å². The van der Waals surface area contributed by atoms with E-state index >= 15 is 0 Å². The predicted octanol–water partition coefficient (Wildman–Crippen LogP) is 6.10. The molecule has 0 radical (unpaired) electrons. The third-order valence-electron chi connectivity index (χ3n) is 5.52. The molecule has 7 nitrogen and oxygen atoms in total. The van der Waals surface area contributed by atoms with E-state index in [1.54, 1.807) is 6.92 Å². The number of carbonyl (C=O) groups excluding carboxylic acids is 1. The Kier molecular flexibility index (Phi) is 6.77. The number of nitrogens with one attached hydrogen (secondary N) is 1. The van der Waals surface area contributed by atoms with Gasteiger partial charge in [0.05, 0.1) is 12.2 Å². The highest BCUT2D eigenvalue weighted by atomic mass is 16.5. The zero-order valence-electron chi connectivity index (χ0n) is 19.4. The minimum Gasteiger partial charge on any atom is -0.494 e. The summed E-state index contributed by atoms with van der Waals surface area (Å²) >= 11 is 0. The highest BCUT2D eigenvalue weighted by molar-refractivity contribution is 6.07. The maximum Gasteiger partial charge on any atom is 0.256 e. The summed E-state index contributed by atoms with van der Waals surface area (Å²) in [4.78, 5) is 17.9. The number of unbranched alkanes of at least 4 members (excludes halogenated alkanes) is 1. The molecule has 7 heteroatoms. The second-order valence-corrected chi connectivity index (χ2v) is 8.41. The second kappa shape index (κ2) is 9.90. The van der Waals surface area contributed by atoms with Crippen LogP contribution in [0.1, 0.15) is 61.7 Å². The van der Waals surface area contributed by atoms with Gasteiger partial charge in [0.2, 0.25) is 11.7 Å². The lowest BCUT2D eigenvalue weighted by Gasteiger charge is -2.18. The Labute approximate surface area is 193 Å². The van der Waals surface area contributed by atoms with Gasteiger partial charge in [-0.2, -0.15) is 4.98 Å². The highest BCUT2D eigenvalue weighted by Gasteiger charge is 2.28. The molecule has 0 aliphatic heterocycles. The molecule has 4 aromatic rings. The molecule has 0 fully saturated rings.